The Labute approximate surface area is 161 Å². The minimum absolute atomic E-state index is 0.0466. The van der Waals surface area contributed by atoms with Gasteiger partial charge in [0.25, 0.3) is 5.91 Å². The smallest absolute Gasteiger partial charge is 0.262 e. The number of furan rings is 1. The number of carbonyl (C=O) groups excluding carboxylic acids is 1. The molecule has 2 N–H and O–H groups in total. The van der Waals surface area contributed by atoms with Crippen molar-refractivity contribution >= 4 is 12.0 Å². The van der Waals surface area contributed by atoms with Crippen LogP contribution in [0.2, 0.25) is 0 Å². The minimum atomic E-state index is -0.502. The molecule has 1 aromatic carbocycles. The number of hydrogen-bond donors (Lipinski definition) is 2. The number of nitrogens with one attached hydrogen (secondary N) is 2. The zero-order chi connectivity index (χ0) is 19.9. The van der Waals surface area contributed by atoms with Gasteiger partial charge in [0.2, 0.25) is 0 Å². The summed E-state index contributed by atoms with van der Waals surface area (Å²) in [5.41, 5.74) is 1.97. The maximum absolute atomic E-state index is 12.3. The number of nitrogens with zero attached hydrogens (tertiary/aromatic N) is 2. The van der Waals surface area contributed by atoms with E-state index in [-0.39, 0.29) is 12.1 Å². The van der Waals surface area contributed by atoms with Gasteiger partial charge in [-0.1, -0.05) is 0 Å². The van der Waals surface area contributed by atoms with E-state index in [0.717, 1.165) is 5.56 Å². The van der Waals surface area contributed by atoms with Crippen LogP contribution in [0.4, 0.5) is 0 Å². The first-order chi connectivity index (χ1) is 13.7. The third-order valence-electron chi connectivity index (χ3n) is 4.01. The van der Waals surface area contributed by atoms with Crippen LogP contribution in [-0.2, 0) is 11.3 Å². The van der Waals surface area contributed by atoms with Gasteiger partial charge in [0.05, 0.1) is 38.9 Å². The van der Waals surface area contributed by atoms with E-state index >= 15 is 0 Å². The molecule has 2 heterocycles. The first kappa shape index (κ1) is 18.8. The maximum Gasteiger partial charge on any atom is 0.262 e. The molecule has 0 radical (unpaired) electrons. The average molecular weight is 378 g/mol. The van der Waals surface area contributed by atoms with Crippen molar-refractivity contribution in [3.8, 4) is 28.8 Å². The number of amides is 1. The van der Waals surface area contributed by atoms with Crippen molar-refractivity contribution in [2.24, 2.45) is 0 Å². The lowest BCUT2D eigenvalue weighted by Crippen LogP contribution is -2.23. The third-order valence-corrected chi connectivity index (χ3v) is 4.01. The highest BCUT2D eigenvalue weighted by Gasteiger charge is 2.14. The summed E-state index contributed by atoms with van der Waals surface area (Å²) in [6.07, 6.45) is 4.54. The van der Waals surface area contributed by atoms with Crippen LogP contribution in [0.1, 0.15) is 11.3 Å². The maximum atomic E-state index is 12.3. The monoisotopic (exact) mass is 378 g/mol. The van der Waals surface area contributed by atoms with Gasteiger partial charge in [0.15, 0.2) is 11.5 Å². The molecule has 0 aliphatic heterocycles. The molecule has 0 saturated carbocycles. The molecule has 0 fully saturated rings. The van der Waals surface area contributed by atoms with Gasteiger partial charge in [-0.2, -0.15) is 10.4 Å². The van der Waals surface area contributed by atoms with E-state index in [4.69, 9.17) is 13.9 Å². The van der Waals surface area contributed by atoms with E-state index in [1.54, 1.807) is 44.7 Å². The second-order valence-electron chi connectivity index (χ2n) is 5.70. The Morgan fingerprint density at radius 1 is 1.32 bits per heavy atom. The number of benzene rings is 1. The topological polar surface area (TPSA) is 113 Å². The molecule has 0 aliphatic rings. The molecule has 0 spiro atoms. The van der Waals surface area contributed by atoms with Crippen LogP contribution in [0, 0.1) is 11.3 Å². The lowest BCUT2D eigenvalue weighted by Gasteiger charge is -2.09. The normalized spacial score (nSPS) is 11.0. The Kier molecular flexibility index (Phi) is 5.77. The van der Waals surface area contributed by atoms with E-state index in [1.807, 2.05) is 12.1 Å². The van der Waals surface area contributed by atoms with E-state index in [1.165, 1.54) is 12.3 Å². The Morgan fingerprint density at radius 3 is 2.82 bits per heavy atom. The molecule has 8 nitrogen and oxygen atoms in total. The van der Waals surface area contributed by atoms with E-state index in [0.29, 0.717) is 28.5 Å². The molecule has 0 unspecified atom stereocenters. The lowest BCUT2D eigenvalue weighted by atomic mass is 10.1. The molecule has 1 amide bonds. The Bertz CT molecular complexity index is 1030. The van der Waals surface area contributed by atoms with Crippen LogP contribution in [0.5, 0.6) is 11.5 Å². The lowest BCUT2D eigenvalue weighted by molar-refractivity contribution is -0.117. The molecule has 3 rings (SSSR count). The van der Waals surface area contributed by atoms with Crippen molar-refractivity contribution in [1.82, 2.24) is 15.5 Å². The number of H-pyrrole nitrogens is 1. The summed E-state index contributed by atoms with van der Waals surface area (Å²) in [7, 11) is 3.11. The molecule has 142 valence electrons. The average Bonchev–Trinajstić information content (AvgIpc) is 3.41. The van der Waals surface area contributed by atoms with Crippen LogP contribution in [0.15, 0.2) is 52.8 Å². The molecule has 28 heavy (non-hydrogen) atoms. The van der Waals surface area contributed by atoms with Crippen molar-refractivity contribution in [2.75, 3.05) is 14.2 Å². The minimum Gasteiger partial charge on any atom is -0.493 e. The quantitative estimate of drug-likeness (QED) is 0.483. The number of hydrogen-bond acceptors (Lipinski definition) is 6. The fourth-order valence-electron chi connectivity index (χ4n) is 2.61. The largest absolute Gasteiger partial charge is 0.493 e. The molecule has 8 heteroatoms. The Balaban J connectivity index is 1.85. The van der Waals surface area contributed by atoms with E-state index in [2.05, 4.69) is 15.5 Å². The van der Waals surface area contributed by atoms with Crippen molar-refractivity contribution in [3.63, 3.8) is 0 Å². The number of ether oxygens (including phenoxy) is 2. The standard InChI is InChI=1S/C20H18N4O4/c1-26-17-6-5-13(9-18(17)27-2)19-15(11-23-24-19)8-14(10-21)20(25)22-12-16-4-3-7-28-16/h3-9,11H,12H2,1-2H3,(H,22,25)(H,23,24)/b14-8-. The number of aromatic nitrogens is 2. The van der Waals surface area contributed by atoms with Gasteiger partial charge in [0, 0.05) is 11.1 Å². The molecular formula is C20H18N4O4. The third kappa shape index (κ3) is 4.04. The van der Waals surface area contributed by atoms with Crippen LogP contribution >= 0.6 is 0 Å². The van der Waals surface area contributed by atoms with Gasteiger partial charge in [-0.15, -0.1) is 0 Å². The molecule has 0 atom stereocenters. The number of aromatic amines is 1. The Morgan fingerprint density at radius 2 is 2.14 bits per heavy atom. The zero-order valence-electron chi connectivity index (χ0n) is 15.4. The van der Waals surface area contributed by atoms with Gasteiger partial charge in [-0.3, -0.25) is 9.89 Å². The number of nitriles is 1. The summed E-state index contributed by atoms with van der Waals surface area (Å²) in [4.78, 5) is 12.3. The van der Waals surface area contributed by atoms with E-state index in [9.17, 15) is 10.1 Å². The van der Waals surface area contributed by atoms with Crippen LogP contribution in [-0.4, -0.2) is 30.3 Å². The summed E-state index contributed by atoms with van der Waals surface area (Å²) in [5, 5.41) is 19.0. The molecule has 0 bridgehead atoms. The second kappa shape index (κ2) is 8.60. The first-order valence-corrected chi connectivity index (χ1v) is 8.34. The summed E-state index contributed by atoms with van der Waals surface area (Å²) in [5.74, 6) is 1.25. The number of carbonyl (C=O) groups is 1. The molecule has 3 aromatic rings. The second-order valence-corrected chi connectivity index (χ2v) is 5.70. The summed E-state index contributed by atoms with van der Waals surface area (Å²) < 4.78 is 15.7. The highest BCUT2D eigenvalue weighted by Crippen LogP contribution is 2.33. The van der Waals surface area contributed by atoms with Crippen LogP contribution < -0.4 is 14.8 Å². The van der Waals surface area contributed by atoms with Crippen LogP contribution in [0.25, 0.3) is 17.3 Å². The highest BCUT2D eigenvalue weighted by molar-refractivity contribution is 6.02. The molecule has 2 aromatic heterocycles. The summed E-state index contributed by atoms with van der Waals surface area (Å²) >= 11 is 0. The first-order valence-electron chi connectivity index (χ1n) is 8.34. The highest BCUT2D eigenvalue weighted by atomic mass is 16.5. The van der Waals surface area contributed by atoms with Gasteiger partial charge < -0.3 is 19.2 Å². The summed E-state index contributed by atoms with van der Waals surface area (Å²) in [6.45, 7) is 0.193. The predicted octanol–water partition coefficient (Wildman–Crippen LogP) is 2.91. The summed E-state index contributed by atoms with van der Waals surface area (Å²) in [6, 6.07) is 10.8. The molecule has 0 aliphatic carbocycles. The van der Waals surface area contributed by atoms with Crippen molar-refractivity contribution in [3.05, 3.63) is 59.7 Å². The SMILES string of the molecule is COc1ccc(-c2[nH]ncc2/C=C(/C#N)C(=O)NCc2ccco2)cc1OC. The Hall–Kier alpha value is -3.99. The van der Waals surface area contributed by atoms with Crippen molar-refractivity contribution in [2.45, 2.75) is 6.54 Å². The predicted molar refractivity (Wildman–Crippen MR) is 101 cm³/mol. The molecule has 0 saturated heterocycles. The van der Waals surface area contributed by atoms with Crippen molar-refractivity contribution in [1.29, 1.82) is 5.26 Å². The van der Waals surface area contributed by atoms with Gasteiger partial charge >= 0.3 is 0 Å². The van der Waals surface area contributed by atoms with E-state index < -0.39 is 5.91 Å². The fraction of sp³-hybridized carbons (Fsp3) is 0.150. The van der Waals surface area contributed by atoms with Crippen molar-refractivity contribution < 1.29 is 18.7 Å². The number of methoxy groups -OCH3 is 2. The molecular weight excluding hydrogens is 360 g/mol. The zero-order valence-corrected chi connectivity index (χ0v) is 15.4. The van der Waals surface area contributed by atoms with Gasteiger partial charge in [-0.05, 0) is 36.4 Å². The fourth-order valence-corrected chi connectivity index (χ4v) is 2.61. The van der Waals surface area contributed by atoms with Gasteiger partial charge in [0.1, 0.15) is 17.4 Å². The van der Waals surface area contributed by atoms with Gasteiger partial charge in [-0.25, -0.2) is 0 Å². The number of rotatable bonds is 7. The van der Waals surface area contributed by atoms with Crippen LogP contribution in [0.3, 0.4) is 0 Å².